The van der Waals surface area contributed by atoms with Gasteiger partial charge in [-0.25, -0.2) is 9.37 Å². The molecular formula is C16H23FN6O7P+. The Labute approximate surface area is 176 Å². The smallest absolute Gasteiger partial charge is 0.481 e. The first-order valence-corrected chi connectivity index (χ1v) is 11.1. The number of anilines is 1. The Kier molecular flexibility index (Phi) is 5.70. The van der Waals surface area contributed by atoms with Gasteiger partial charge in [-0.05, 0) is 13.8 Å². The fourth-order valence-corrected chi connectivity index (χ4v) is 5.19. The summed E-state index contributed by atoms with van der Waals surface area (Å²) in [6.45, 7) is 3.11. The van der Waals surface area contributed by atoms with Crippen LogP contribution in [0.2, 0.25) is 0 Å². The Morgan fingerprint density at radius 3 is 3.03 bits per heavy atom. The van der Waals surface area contributed by atoms with Crippen molar-refractivity contribution in [1.82, 2.24) is 24.6 Å². The van der Waals surface area contributed by atoms with Gasteiger partial charge in [0.2, 0.25) is 11.8 Å². The number of carboxylic acids is 1. The van der Waals surface area contributed by atoms with Crippen molar-refractivity contribution < 1.29 is 37.7 Å². The number of aliphatic carboxylic acids is 1. The van der Waals surface area contributed by atoms with Gasteiger partial charge in [-0.2, -0.15) is 23.9 Å². The van der Waals surface area contributed by atoms with E-state index in [9.17, 15) is 9.69 Å². The zero-order valence-electron chi connectivity index (χ0n) is 16.8. The summed E-state index contributed by atoms with van der Waals surface area (Å²) in [5.41, 5.74) is 4.15. The van der Waals surface area contributed by atoms with Gasteiger partial charge in [0.1, 0.15) is 12.7 Å². The number of carboxylic acid groups (broad SMARTS) is 1. The van der Waals surface area contributed by atoms with Crippen LogP contribution in [0, 0.1) is 0 Å². The first kappa shape index (κ1) is 22.0. The molecule has 2 aliphatic heterocycles. The number of nitrogens with two attached hydrogens (primary N) is 1. The SMILES string of the molecule is CCOc1nc(N)nc2c1ncn2[C@@H]1O[C@@H]2CO[P+](O)(NCCC(=O)O)O[C@H]2[C@@]1(C)F. The van der Waals surface area contributed by atoms with E-state index < -0.39 is 38.2 Å². The van der Waals surface area contributed by atoms with Gasteiger partial charge in [0.25, 0.3) is 0 Å². The molecule has 2 aromatic heterocycles. The predicted molar refractivity (Wildman–Crippen MR) is 105 cm³/mol. The molecule has 15 heteroatoms. The molecule has 5 atom stereocenters. The van der Waals surface area contributed by atoms with E-state index >= 15 is 4.39 Å². The topological polar surface area (TPSA) is 176 Å². The molecule has 5 N–H and O–H groups in total. The van der Waals surface area contributed by atoms with Crippen LogP contribution >= 0.6 is 8.09 Å². The van der Waals surface area contributed by atoms with Crippen LogP contribution in [-0.4, -0.2) is 73.1 Å². The monoisotopic (exact) mass is 461 g/mol. The van der Waals surface area contributed by atoms with Crippen molar-refractivity contribution in [2.24, 2.45) is 0 Å². The fraction of sp³-hybridized carbons (Fsp3) is 0.625. The molecule has 0 spiro atoms. The summed E-state index contributed by atoms with van der Waals surface area (Å²) in [5.74, 6) is -0.966. The van der Waals surface area contributed by atoms with Crippen LogP contribution in [0.3, 0.4) is 0 Å². The van der Waals surface area contributed by atoms with Crippen LogP contribution in [0.25, 0.3) is 11.2 Å². The van der Waals surface area contributed by atoms with Crippen LogP contribution in [0.15, 0.2) is 6.33 Å². The van der Waals surface area contributed by atoms with E-state index in [4.69, 9.17) is 29.4 Å². The summed E-state index contributed by atoms with van der Waals surface area (Å²) >= 11 is 0. The normalized spacial score (nSPS) is 32.8. The van der Waals surface area contributed by atoms with Gasteiger partial charge in [-0.1, -0.05) is 0 Å². The van der Waals surface area contributed by atoms with Crippen molar-refractivity contribution in [1.29, 1.82) is 0 Å². The number of aromatic nitrogens is 4. The number of ether oxygens (including phenoxy) is 2. The van der Waals surface area contributed by atoms with E-state index in [0.717, 1.165) is 0 Å². The molecule has 0 aromatic carbocycles. The second-order valence-electron chi connectivity index (χ2n) is 7.22. The van der Waals surface area contributed by atoms with Crippen molar-refractivity contribution >= 4 is 31.2 Å². The number of fused-ring (bicyclic) bond motifs is 2. The zero-order chi connectivity index (χ0) is 22.4. The van der Waals surface area contributed by atoms with E-state index in [-0.39, 0.29) is 37.0 Å². The number of carbonyl (C=O) groups is 1. The zero-order valence-corrected chi connectivity index (χ0v) is 17.7. The summed E-state index contributed by atoms with van der Waals surface area (Å²) in [4.78, 5) is 33.6. The van der Waals surface area contributed by atoms with E-state index in [2.05, 4.69) is 20.0 Å². The third-order valence-corrected chi connectivity index (χ3v) is 6.58. The highest BCUT2D eigenvalue weighted by atomic mass is 31.2. The quantitative estimate of drug-likeness (QED) is 0.423. The van der Waals surface area contributed by atoms with E-state index in [1.165, 1.54) is 17.8 Å². The number of nitrogens with zero attached hydrogens (tertiary/aromatic N) is 4. The second-order valence-corrected chi connectivity index (χ2v) is 9.04. The van der Waals surface area contributed by atoms with Gasteiger partial charge >= 0.3 is 14.1 Å². The van der Waals surface area contributed by atoms with Crippen molar-refractivity contribution in [2.75, 3.05) is 25.5 Å². The molecule has 0 aliphatic carbocycles. The molecule has 2 fully saturated rings. The van der Waals surface area contributed by atoms with E-state index in [1.807, 2.05) is 0 Å². The first-order chi connectivity index (χ1) is 14.6. The molecule has 4 rings (SSSR count). The van der Waals surface area contributed by atoms with E-state index in [1.54, 1.807) is 6.92 Å². The maximum Gasteiger partial charge on any atom is 0.499 e. The molecule has 2 aliphatic rings. The Balaban J connectivity index is 1.61. The second kappa shape index (κ2) is 8.04. The number of rotatable bonds is 7. The van der Waals surface area contributed by atoms with Crippen LogP contribution in [0.4, 0.5) is 10.3 Å². The Hall–Kier alpha value is -2.22. The lowest BCUT2D eigenvalue weighted by Gasteiger charge is -2.31. The van der Waals surface area contributed by atoms with Crippen LogP contribution in [0.1, 0.15) is 26.5 Å². The molecule has 2 aromatic rings. The minimum Gasteiger partial charge on any atom is -0.481 e. The highest BCUT2D eigenvalue weighted by Crippen LogP contribution is 2.61. The van der Waals surface area contributed by atoms with Crippen LogP contribution in [0.5, 0.6) is 5.88 Å². The summed E-state index contributed by atoms with van der Waals surface area (Å²) in [5, 5.41) is 11.3. The molecule has 1 unspecified atom stereocenters. The predicted octanol–water partition coefficient (Wildman–Crippen LogP) is 0.582. The standard InChI is InChI=1S/C16H22FN6O7P/c1-3-27-13-10-12(21-15(18)22-13)23(7-19-10)14-16(2,17)11-8(29-14)6-28-31(26,30-11)20-5-4-9(24)25/h7-8,11,14,20,26H,3-6H2,1-2H3,(H2-,18,21,22,24,25)/p+1/t8-,11-,14-,16-,31?/m1/s1. The molecule has 31 heavy (non-hydrogen) atoms. The number of alkyl halides is 1. The highest BCUT2D eigenvalue weighted by molar-refractivity contribution is 7.58. The number of imidazole rings is 1. The summed E-state index contributed by atoms with van der Waals surface area (Å²) in [6.07, 6.45) is -2.16. The molecule has 4 heterocycles. The lowest BCUT2D eigenvalue weighted by Crippen LogP contribution is -2.47. The largest absolute Gasteiger partial charge is 0.499 e. The van der Waals surface area contributed by atoms with Gasteiger partial charge in [-0.15, -0.1) is 5.09 Å². The van der Waals surface area contributed by atoms with E-state index in [0.29, 0.717) is 12.1 Å². The summed E-state index contributed by atoms with van der Waals surface area (Å²) in [7, 11) is -3.67. The molecule has 0 radical (unpaired) electrons. The Morgan fingerprint density at radius 2 is 2.32 bits per heavy atom. The average molecular weight is 461 g/mol. The van der Waals surface area contributed by atoms with Crippen molar-refractivity contribution in [2.45, 2.75) is 44.4 Å². The Bertz CT molecular complexity index is 993. The fourth-order valence-electron chi connectivity index (χ4n) is 3.57. The number of hydrogen-bond donors (Lipinski definition) is 4. The van der Waals surface area contributed by atoms with Crippen molar-refractivity contribution in [3.8, 4) is 5.88 Å². The first-order valence-electron chi connectivity index (χ1n) is 9.53. The minimum absolute atomic E-state index is 0.0730. The maximum atomic E-state index is 16.0. The maximum absolute atomic E-state index is 16.0. The molecule has 170 valence electrons. The molecular weight excluding hydrogens is 438 g/mol. The lowest BCUT2D eigenvalue weighted by molar-refractivity contribution is -0.136. The van der Waals surface area contributed by atoms with Gasteiger partial charge in [0.05, 0.1) is 19.4 Å². The number of nitrogens with one attached hydrogen (secondary N) is 1. The molecule has 0 amide bonds. The van der Waals surface area contributed by atoms with Crippen molar-refractivity contribution in [3.05, 3.63) is 6.33 Å². The van der Waals surface area contributed by atoms with Crippen molar-refractivity contribution in [3.63, 3.8) is 0 Å². The number of halogens is 1. The molecule has 13 nitrogen and oxygen atoms in total. The number of hydrogen-bond acceptors (Lipinski definition) is 11. The van der Waals surface area contributed by atoms with Gasteiger partial charge in [0, 0.05) is 6.54 Å². The molecule has 0 bridgehead atoms. The summed E-state index contributed by atoms with van der Waals surface area (Å²) in [6, 6.07) is 0. The van der Waals surface area contributed by atoms with Gasteiger partial charge in [-0.3, -0.25) is 9.36 Å². The lowest BCUT2D eigenvalue weighted by atomic mass is 9.98. The summed E-state index contributed by atoms with van der Waals surface area (Å²) < 4.78 is 39.5. The third-order valence-electron chi connectivity index (χ3n) is 4.94. The van der Waals surface area contributed by atoms with Crippen LogP contribution < -0.4 is 15.6 Å². The van der Waals surface area contributed by atoms with Crippen LogP contribution in [-0.2, 0) is 18.6 Å². The third kappa shape index (κ3) is 4.02. The minimum atomic E-state index is -3.67. The van der Waals surface area contributed by atoms with Gasteiger partial charge in [0.15, 0.2) is 29.2 Å². The average Bonchev–Trinajstić information content (AvgIpc) is 3.20. The van der Waals surface area contributed by atoms with Gasteiger partial charge < -0.3 is 20.3 Å². The Morgan fingerprint density at radius 1 is 1.55 bits per heavy atom. The highest BCUT2D eigenvalue weighted by Gasteiger charge is 2.66. The number of nitrogen functional groups attached to an aromatic ring is 1. The molecule has 0 saturated carbocycles. The molecule has 2 saturated heterocycles.